The second kappa shape index (κ2) is 6.91. The first kappa shape index (κ1) is 17.5. The maximum atomic E-state index is 12.3. The molecule has 1 aromatic rings. The van der Waals surface area contributed by atoms with E-state index in [0.29, 0.717) is 10.6 Å². The van der Waals surface area contributed by atoms with Gasteiger partial charge in [-0.15, -0.1) is 0 Å². The molecule has 3 N–H and O–H groups in total. The van der Waals surface area contributed by atoms with Gasteiger partial charge in [0.25, 0.3) is 0 Å². The lowest BCUT2D eigenvalue weighted by Crippen LogP contribution is -2.39. The second-order valence-corrected chi connectivity index (χ2v) is 6.26. The molecule has 0 aromatic heterocycles. The van der Waals surface area contributed by atoms with Crippen LogP contribution in [-0.2, 0) is 14.3 Å². The Morgan fingerprint density at radius 2 is 1.81 bits per heavy atom. The van der Waals surface area contributed by atoms with Crippen LogP contribution in [0.1, 0.15) is 38.7 Å². The number of benzene rings is 1. The van der Waals surface area contributed by atoms with E-state index in [9.17, 15) is 9.59 Å². The Balaban J connectivity index is 3.07. The SMILES string of the molecule is CC(C)(C)OC(=O)C(c1ccc(Cl)cc1)[C@@H](N)CC(=O)O. The molecule has 0 fully saturated rings. The van der Waals surface area contributed by atoms with Crippen LogP contribution in [0.3, 0.4) is 0 Å². The molecule has 116 valence electrons. The minimum absolute atomic E-state index is 0.327. The van der Waals surface area contributed by atoms with Crippen LogP contribution < -0.4 is 5.73 Å². The molecular formula is C15H20ClNO4. The zero-order valence-corrected chi connectivity index (χ0v) is 13.1. The first-order valence-corrected chi connectivity index (χ1v) is 6.93. The van der Waals surface area contributed by atoms with Crippen LogP contribution in [0, 0.1) is 0 Å². The fraction of sp³-hybridized carbons (Fsp3) is 0.467. The van der Waals surface area contributed by atoms with Crippen molar-refractivity contribution in [1.29, 1.82) is 0 Å². The molecule has 6 heteroatoms. The van der Waals surface area contributed by atoms with E-state index in [-0.39, 0.29) is 6.42 Å². The number of carbonyl (C=O) groups is 2. The molecule has 0 heterocycles. The second-order valence-electron chi connectivity index (χ2n) is 5.82. The maximum absolute atomic E-state index is 12.3. The van der Waals surface area contributed by atoms with Gasteiger partial charge in [0, 0.05) is 11.1 Å². The lowest BCUT2D eigenvalue weighted by Gasteiger charge is -2.27. The van der Waals surface area contributed by atoms with Crippen molar-refractivity contribution in [2.24, 2.45) is 5.73 Å². The topological polar surface area (TPSA) is 89.6 Å². The molecule has 0 amide bonds. The van der Waals surface area contributed by atoms with Gasteiger partial charge in [0.15, 0.2) is 0 Å². The number of nitrogens with two attached hydrogens (primary N) is 1. The summed E-state index contributed by atoms with van der Waals surface area (Å²) in [4.78, 5) is 23.2. The Morgan fingerprint density at radius 1 is 1.29 bits per heavy atom. The largest absolute Gasteiger partial charge is 0.481 e. The Bertz CT molecular complexity index is 507. The number of carboxylic acids is 1. The van der Waals surface area contributed by atoms with Crippen LogP contribution in [0.25, 0.3) is 0 Å². The predicted molar refractivity (Wildman–Crippen MR) is 80.3 cm³/mol. The number of carbonyl (C=O) groups excluding carboxylic acids is 1. The maximum Gasteiger partial charge on any atom is 0.315 e. The van der Waals surface area contributed by atoms with Crippen molar-refractivity contribution in [3.8, 4) is 0 Å². The molecule has 0 saturated carbocycles. The van der Waals surface area contributed by atoms with E-state index in [4.69, 9.17) is 27.2 Å². The number of aliphatic carboxylic acids is 1. The zero-order chi connectivity index (χ0) is 16.2. The molecule has 1 unspecified atom stereocenters. The monoisotopic (exact) mass is 313 g/mol. The predicted octanol–water partition coefficient (Wildman–Crippen LogP) is 2.57. The van der Waals surface area contributed by atoms with Gasteiger partial charge in [0.05, 0.1) is 12.3 Å². The minimum atomic E-state index is -1.06. The van der Waals surface area contributed by atoms with Crippen molar-refractivity contribution in [3.05, 3.63) is 34.9 Å². The lowest BCUT2D eigenvalue weighted by atomic mass is 9.90. The summed E-state index contributed by atoms with van der Waals surface area (Å²) < 4.78 is 5.34. The molecular weight excluding hydrogens is 294 g/mol. The molecule has 0 saturated heterocycles. The fourth-order valence-electron chi connectivity index (χ4n) is 1.91. The van der Waals surface area contributed by atoms with Crippen LogP contribution in [0.5, 0.6) is 0 Å². The number of hydrogen-bond donors (Lipinski definition) is 2. The van der Waals surface area contributed by atoms with Gasteiger partial charge < -0.3 is 15.6 Å². The zero-order valence-electron chi connectivity index (χ0n) is 12.3. The van der Waals surface area contributed by atoms with E-state index < -0.39 is 29.5 Å². The molecule has 21 heavy (non-hydrogen) atoms. The molecule has 0 radical (unpaired) electrons. The Hall–Kier alpha value is -1.59. The molecule has 1 aromatic carbocycles. The van der Waals surface area contributed by atoms with Crippen LogP contribution in [-0.4, -0.2) is 28.7 Å². The summed E-state index contributed by atoms with van der Waals surface area (Å²) >= 11 is 5.82. The summed E-state index contributed by atoms with van der Waals surface area (Å²) in [6.45, 7) is 5.23. The van der Waals surface area contributed by atoms with Crippen LogP contribution in [0.2, 0.25) is 5.02 Å². The number of halogens is 1. The van der Waals surface area contributed by atoms with E-state index in [1.54, 1.807) is 45.0 Å². The summed E-state index contributed by atoms with van der Waals surface area (Å²) in [5.74, 6) is -2.46. The van der Waals surface area contributed by atoms with Gasteiger partial charge in [0.2, 0.25) is 0 Å². The molecule has 0 bridgehead atoms. The van der Waals surface area contributed by atoms with Crippen molar-refractivity contribution in [2.45, 2.75) is 44.8 Å². The van der Waals surface area contributed by atoms with E-state index in [1.165, 1.54) is 0 Å². The summed E-state index contributed by atoms with van der Waals surface area (Å²) in [5, 5.41) is 9.41. The molecule has 2 atom stereocenters. The third-order valence-electron chi connectivity index (χ3n) is 2.73. The average molecular weight is 314 g/mol. The van der Waals surface area contributed by atoms with Gasteiger partial charge in [-0.3, -0.25) is 9.59 Å². The van der Waals surface area contributed by atoms with Gasteiger partial charge in [-0.05, 0) is 38.5 Å². The van der Waals surface area contributed by atoms with E-state index in [2.05, 4.69) is 0 Å². The van der Waals surface area contributed by atoms with Crippen molar-refractivity contribution >= 4 is 23.5 Å². The summed E-state index contributed by atoms with van der Waals surface area (Å²) in [7, 11) is 0. The normalized spacial score (nSPS) is 14.3. The Morgan fingerprint density at radius 3 is 2.24 bits per heavy atom. The molecule has 0 spiro atoms. The van der Waals surface area contributed by atoms with Crippen molar-refractivity contribution in [1.82, 2.24) is 0 Å². The minimum Gasteiger partial charge on any atom is -0.481 e. The highest BCUT2D eigenvalue weighted by Gasteiger charge is 2.32. The van der Waals surface area contributed by atoms with Crippen LogP contribution in [0.15, 0.2) is 24.3 Å². The van der Waals surface area contributed by atoms with Gasteiger partial charge in [-0.1, -0.05) is 23.7 Å². The average Bonchev–Trinajstić information content (AvgIpc) is 2.28. The van der Waals surface area contributed by atoms with Crippen molar-refractivity contribution in [3.63, 3.8) is 0 Å². The molecule has 0 aliphatic carbocycles. The molecule has 1 rings (SSSR count). The van der Waals surface area contributed by atoms with Crippen LogP contribution >= 0.6 is 11.6 Å². The molecule has 5 nitrogen and oxygen atoms in total. The van der Waals surface area contributed by atoms with E-state index >= 15 is 0 Å². The number of ether oxygens (including phenoxy) is 1. The van der Waals surface area contributed by atoms with Gasteiger partial charge in [0.1, 0.15) is 5.60 Å². The highest BCUT2D eigenvalue weighted by Crippen LogP contribution is 2.26. The number of esters is 1. The summed E-state index contributed by atoms with van der Waals surface area (Å²) in [6.07, 6.45) is -0.327. The van der Waals surface area contributed by atoms with Gasteiger partial charge >= 0.3 is 11.9 Å². The van der Waals surface area contributed by atoms with Crippen LogP contribution in [0.4, 0.5) is 0 Å². The third kappa shape index (κ3) is 5.73. The first-order chi connectivity index (χ1) is 9.60. The number of hydrogen-bond acceptors (Lipinski definition) is 4. The quantitative estimate of drug-likeness (QED) is 0.815. The smallest absolute Gasteiger partial charge is 0.315 e. The highest BCUT2D eigenvalue weighted by atomic mass is 35.5. The molecule has 0 aliphatic heterocycles. The Labute approximate surface area is 129 Å². The standard InChI is InChI=1S/C15H20ClNO4/c1-15(2,3)21-14(20)13(11(17)8-12(18)19)9-4-6-10(16)7-5-9/h4-7,11,13H,8,17H2,1-3H3,(H,18,19)/t11-,13?/m0/s1. The van der Waals surface area contributed by atoms with E-state index in [1.807, 2.05) is 0 Å². The van der Waals surface area contributed by atoms with Crippen molar-refractivity contribution < 1.29 is 19.4 Å². The number of carboxylic acid groups (broad SMARTS) is 1. The highest BCUT2D eigenvalue weighted by molar-refractivity contribution is 6.30. The third-order valence-corrected chi connectivity index (χ3v) is 2.98. The lowest BCUT2D eigenvalue weighted by molar-refractivity contribution is -0.157. The summed E-state index contributed by atoms with van der Waals surface area (Å²) in [5.41, 5.74) is 5.80. The summed E-state index contributed by atoms with van der Waals surface area (Å²) in [6, 6.07) is 5.68. The van der Waals surface area contributed by atoms with Crippen molar-refractivity contribution in [2.75, 3.05) is 0 Å². The fourth-order valence-corrected chi connectivity index (χ4v) is 2.04. The first-order valence-electron chi connectivity index (χ1n) is 6.56. The van der Waals surface area contributed by atoms with Gasteiger partial charge in [-0.25, -0.2) is 0 Å². The molecule has 0 aliphatic rings. The van der Waals surface area contributed by atoms with Gasteiger partial charge in [-0.2, -0.15) is 0 Å². The Kier molecular flexibility index (Phi) is 5.75. The van der Waals surface area contributed by atoms with E-state index in [0.717, 1.165) is 0 Å². The number of rotatable bonds is 5.